The molecule has 0 aliphatic carbocycles. The van der Waals surface area contributed by atoms with Crippen molar-refractivity contribution in [1.29, 1.82) is 0 Å². The number of nitrogens with zero attached hydrogens (tertiary/aromatic N) is 1. The molecule has 1 saturated heterocycles. The van der Waals surface area contributed by atoms with E-state index in [4.69, 9.17) is 21.2 Å². The monoisotopic (exact) mass is 472 g/mol. The smallest absolute Gasteiger partial charge is 0.218 e. The molecular formula is C24H25ClN2O4S. The van der Waals surface area contributed by atoms with E-state index >= 15 is 0 Å². The van der Waals surface area contributed by atoms with Crippen molar-refractivity contribution in [1.82, 2.24) is 9.79 Å². The summed E-state index contributed by atoms with van der Waals surface area (Å²) in [5.74, 6) is 1.26. The van der Waals surface area contributed by atoms with Gasteiger partial charge >= 0.3 is 0 Å². The molecule has 0 saturated carbocycles. The molecule has 0 amide bonds. The van der Waals surface area contributed by atoms with E-state index in [1.165, 1.54) is 0 Å². The number of rotatable bonds is 8. The summed E-state index contributed by atoms with van der Waals surface area (Å²) < 4.78 is 34.9. The summed E-state index contributed by atoms with van der Waals surface area (Å²) in [4.78, 5) is 5.61. The highest BCUT2D eigenvalue weighted by molar-refractivity contribution is 7.90. The van der Waals surface area contributed by atoms with E-state index < -0.39 is 21.3 Å². The van der Waals surface area contributed by atoms with Gasteiger partial charge in [-0.3, -0.25) is 4.84 Å². The topological polar surface area (TPSA) is 67.9 Å². The molecule has 0 bridgehead atoms. The lowest BCUT2D eigenvalue weighted by Crippen LogP contribution is -2.40. The third-order valence-electron chi connectivity index (χ3n) is 5.39. The van der Waals surface area contributed by atoms with Gasteiger partial charge in [0.25, 0.3) is 0 Å². The van der Waals surface area contributed by atoms with Crippen LogP contribution in [0.25, 0.3) is 0 Å². The Kier molecular flexibility index (Phi) is 7.13. The summed E-state index contributed by atoms with van der Waals surface area (Å²) >= 11 is 5.93. The fraction of sp³-hybridized carbons (Fsp3) is 0.250. The van der Waals surface area contributed by atoms with Crippen LogP contribution in [0.3, 0.4) is 0 Å². The number of hydroxylamine groups is 2. The molecule has 0 spiro atoms. The van der Waals surface area contributed by atoms with Crippen molar-refractivity contribution < 1.29 is 18.0 Å². The summed E-state index contributed by atoms with van der Waals surface area (Å²) in [7, 11) is -1.86. The Labute approximate surface area is 193 Å². The van der Waals surface area contributed by atoms with Gasteiger partial charge in [-0.05, 0) is 53.9 Å². The highest BCUT2D eigenvalue weighted by Crippen LogP contribution is 2.35. The van der Waals surface area contributed by atoms with Crippen LogP contribution in [0.2, 0.25) is 5.02 Å². The van der Waals surface area contributed by atoms with Gasteiger partial charge in [0.15, 0.2) is 0 Å². The van der Waals surface area contributed by atoms with Gasteiger partial charge < -0.3 is 4.74 Å². The number of benzene rings is 3. The van der Waals surface area contributed by atoms with E-state index in [1.54, 1.807) is 36.4 Å². The average molecular weight is 473 g/mol. The number of sulfonamides is 1. The normalized spacial score (nSPS) is 19.2. The molecule has 2 atom stereocenters. The van der Waals surface area contributed by atoms with Gasteiger partial charge in [-0.1, -0.05) is 54.1 Å². The number of hydrogen-bond donors (Lipinski definition) is 1. The molecule has 3 aromatic carbocycles. The third-order valence-corrected chi connectivity index (χ3v) is 7.44. The van der Waals surface area contributed by atoms with Crippen LogP contribution < -0.4 is 9.46 Å². The minimum Gasteiger partial charge on any atom is -0.457 e. The molecule has 6 nitrogen and oxygen atoms in total. The van der Waals surface area contributed by atoms with Crippen LogP contribution in [-0.4, -0.2) is 38.9 Å². The van der Waals surface area contributed by atoms with E-state index in [0.29, 0.717) is 29.5 Å². The van der Waals surface area contributed by atoms with E-state index in [1.807, 2.05) is 54.6 Å². The largest absolute Gasteiger partial charge is 0.457 e. The highest BCUT2D eigenvalue weighted by atomic mass is 35.5. The van der Waals surface area contributed by atoms with Crippen molar-refractivity contribution in [3.8, 4) is 11.5 Å². The quantitative estimate of drug-likeness (QED) is 0.519. The van der Waals surface area contributed by atoms with E-state index in [2.05, 4.69) is 4.72 Å². The van der Waals surface area contributed by atoms with Crippen molar-refractivity contribution in [2.45, 2.75) is 17.7 Å². The molecular weight excluding hydrogens is 448 g/mol. The standard InChI is InChI=1S/C24H25ClN2O4S/c1-27-24(19-8-5-9-22(16-19)31-21-12-10-20(25)11-13-21)23(17-30-27)32(28,29)26-15-14-18-6-3-2-4-7-18/h2-13,16,23-24,26H,14-15,17H2,1H3/t23-,24+/m1/s1. The molecule has 3 aromatic rings. The Morgan fingerprint density at radius 2 is 1.78 bits per heavy atom. The number of hydrogen-bond acceptors (Lipinski definition) is 5. The van der Waals surface area contributed by atoms with Crippen molar-refractivity contribution in [3.05, 3.63) is 95.0 Å². The van der Waals surface area contributed by atoms with Gasteiger partial charge in [-0.15, -0.1) is 0 Å². The molecule has 1 aliphatic heterocycles. The molecule has 32 heavy (non-hydrogen) atoms. The van der Waals surface area contributed by atoms with E-state index in [0.717, 1.165) is 11.1 Å². The Bertz CT molecular complexity index is 1140. The minimum absolute atomic E-state index is 0.0874. The summed E-state index contributed by atoms with van der Waals surface area (Å²) in [5, 5.41) is 1.49. The van der Waals surface area contributed by atoms with Gasteiger partial charge in [0.2, 0.25) is 10.0 Å². The third kappa shape index (κ3) is 5.49. The Morgan fingerprint density at radius 3 is 2.53 bits per heavy atom. The molecule has 0 unspecified atom stereocenters. The van der Waals surface area contributed by atoms with Crippen molar-refractivity contribution in [2.75, 3.05) is 20.2 Å². The lowest BCUT2D eigenvalue weighted by Gasteiger charge is -2.23. The van der Waals surface area contributed by atoms with E-state index in [-0.39, 0.29) is 6.61 Å². The highest BCUT2D eigenvalue weighted by Gasteiger charge is 2.43. The molecule has 8 heteroatoms. The summed E-state index contributed by atoms with van der Waals surface area (Å²) in [6, 6.07) is 23.8. The first-order chi connectivity index (χ1) is 15.4. The first-order valence-electron chi connectivity index (χ1n) is 10.3. The predicted octanol–water partition coefficient (Wildman–Crippen LogP) is 4.58. The fourth-order valence-corrected chi connectivity index (χ4v) is 5.41. The van der Waals surface area contributed by atoms with Crippen molar-refractivity contribution in [2.24, 2.45) is 0 Å². The maximum absolute atomic E-state index is 13.1. The van der Waals surface area contributed by atoms with Gasteiger partial charge in [0.05, 0.1) is 12.6 Å². The number of ether oxygens (including phenoxy) is 1. The van der Waals surface area contributed by atoms with Crippen LogP contribution >= 0.6 is 11.6 Å². The molecule has 0 aromatic heterocycles. The lowest BCUT2D eigenvalue weighted by molar-refractivity contribution is -0.110. The van der Waals surface area contributed by atoms with Crippen LogP contribution in [0.4, 0.5) is 0 Å². The number of nitrogens with one attached hydrogen (secondary N) is 1. The second-order valence-electron chi connectivity index (χ2n) is 7.63. The SMILES string of the molecule is CN1OC[C@@H](S(=O)(=O)NCCc2ccccc2)[C@@H]1c1cccc(Oc2ccc(Cl)cc2)c1. The second kappa shape index (κ2) is 10.0. The van der Waals surface area contributed by atoms with Crippen molar-refractivity contribution in [3.63, 3.8) is 0 Å². The van der Waals surface area contributed by atoms with Gasteiger partial charge in [0, 0.05) is 18.6 Å². The lowest BCUT2D eigenvalue weighted by atomic mass is 10.0. The van der Waals surface area contributed by atoms with E-state index in [9.17, 15) is 8.42 Å². The van der Waals surface area contributed by atoms with Crippen LogP contribution in [0.15, 0.2) is 78.9 Å². The molecule has 1 N–H and O–H groups in total. The first kappa shape index (κ1) is 22.8. The zero-order chi connectivity index (χ0) is 22.6. The first-order valence-corrected chi connectivity index (χ1v) is 12.3. The minimum atomic E-state index is -3.61. The zero-order valence-electron chi connectivity index (χ0n) is 17.6. The van der Waals surface area contributed by atoms with Gasteiger partial charge in [-0.2, -0.15) is 5.06 Å². The van der Waals surface area contributed by atoms with Gasteiger partial charge in [-0.25, -0.2) is 13.1 Å². The Hall–Kier alpha value is -2.42. The summed E-state index contributed by atoms with van der Waals surface area (Å²) in [6.07, 6.45) is 0.624. The molecule has 0 radical (unpaired) electrons. The molecule has 1 fully saturated rings. The summed E-state index contributed by atoms with van der Waals surface area (Å²) in [6.45, 7) is 0.420. The maximum Gasteiger partial charge on any atom is 0.218 e. The maximum atomic E-state index is 13.1. The van der Waals surface area contributed by atoms with Crippen LogP contribution in [0, 0.1) is 0 Å². The molecule has 1 heterocycles. The number of halogens is 1. The van der Waals surface area contributed by atoms with Gasteiger partial charge in [0.1, 0.15) is 16.7 Å². The Morgan fingerprint density at radius 1 is 1.03 bits per heavy atom. The predicted molar refractivity (Wildman–Crippen MR) is 125 cm³/mol. The fourth-order valence-electron chi connectivity index (χ4n) is 3.77. The van der Waals surface area contributed by atoms with Crippen molar-refractivity contribution >= 4 is 21.6 Å². The van der Waals surface area contributed by atoms with Crippen LogP contribution in [0.5, 0.6) is 11.5 Å². The second-order valence-corrected chi connectivity index (χ2v) is 10.0. The molecule has 4 rings (SSSR count). The summed E-state index contributed by atoms with van der Waals surface area (Å²) in [5.41, 5.74) is 1.88. The average Bonchev–Trinajstić information content (AvgIpc) is 3.19. The van der Waals surface area contributed by atoms with Crippen LogP contribution in [0.1, 0.15) is 17.2 Å². The Balaban J connectivity index is 1.48. The molecule has 1 aliphatic rings. The molecule has 168 valence electrons. The van der Waals surface area contributed by atoms with Crippen LogP contribution in [-0.2, 0) is 21.3 Å². The zero-order valence-corrected chi connectivity index (χ0v) is 19.2.